The summed E-state index contributed by atoms with van der Waals surface area (Å²) in [7, 11) is 3.37. The number of methoxy groups -OCH3 is 1. The van der Waals surface area contributed by atoms with Crippen LogP contribution in [0.2, 0.25) is 0 Å². The molecular formula is C31H40N2O5. The molecule has 2 amide bonds. The summed E-state index contributed by atoms with van der Waals surface area (Å²) >= 11 is 0. The number of piperidine rings is 1. The minimum atomic E-state index is -0.599. The topological polar surface area (TPSA) is 68.3 Å². The molecule has 2 fully saturated rings. The van der Waals surface area contributed by atoms with Gasteiger partial charge in [-0.3, -0.25) is 4.90 Å². The van der Waals surface area contributed by atoms with Gasteiger partial charge in [-0.2, -0.15) is 0 Å². The number of carbonyl (C=O) groups excluding carboxylic acids is 2. The Bertz CT molecular complexity index is 1190. The van der Waals surface area contributed by atoms with Gasteiger partial charge in [0.25, 0.3) is 0 Å². The Kier molecular flexibility index (Phi) is 7.05. The van der Waals surface area contributed by atoms with Crippen molar-refractivity contribution >= 4 is 17.9 Å². The fourth-order valence-electron chi connectivity index (χ4n) is 6.91. The Balaban J connectivity index is 1.46. The molecule has 3 atom stereocenters. The molecular weight excluding hydrogens is 480 g/mol. The standard InChI is InChI=1S/C31H40N2O5/c1-30(2,3)38-28(34)32(4)26-18-22-17-25-23-13-9-10-14-31(23,24(22)19-27(26)36-5)15-16-33(25)29(35)37-20-21-11-7-6-8-12-21/h6-8,11-12,18-19,23,25H,9-10,13-17,20H2,1-5H3/t23-,25+,31+/m1/s1. The van der Waals surface area contributed by atoms with E-state index in [1.54, 1.807) is 14.2 Å². The molecule has 0 spiro atoms. The Hall–Kier alpha value is -3.22. The zero-order valence-electron chi connectivity index (χ0n) is 23.3. The number of ether oxygens (including phenoxy) is 3. The summed E-state index contributed by atoms with van der Waals surface area (Å²) in [4.78, 5) is 29.8. The third-order valence-electron chi connectivity index (χ3n) is 8.60. The summed E-state index contributed by atoms with van der Waals surface area (Å²) in [6, 6.07) is 14.1. The number of fused-ring (bicyclic) bond motifs is 1. The summed E-state index contributed by atoms with van der Waals surface area (Å²) < 4.78 is 17.3. The first-order valence-corrected chi connectivity index (χ1v) is 13.8. The average molecular weight is 521 g/mol. The van der Waals surface area contributed by atoms with Crippen molar-refractivity contribution in [2.24, 2.45) is 5.92 Å². The third kappa shape index (κ3) is 4.83. The molecule has 2 bridgehead atoms. The first-order chi connectivity index (χ1) is 18.1. The highest BCUT2D eigenvalue weighted by molar-refractivity contribution is 5.89. The highest BCUT2D eigenvalue weighted by atomic mass is 16.6. The highest BCUT2D eigenvalue weighted by Gasteiger charge is 2.55. The number of hydrogen-bond donors (Lipinski definition) is 0. The molecule has 0 unspecified atom stereocenters. The minimum absolute atomic E-state index is 0.0169. The lowest BCUT2D eigenvalue weighted by atomic mass is 9.52. The van der Waals surface area contributed by atoms with Crippen LogP contribution >= 0.6 is 0 Å². The molecule has 38 heavy (non-hydrogen) atoms. The van der Waals surface area contributed by atoms with Gasteiger partial charge in [-0.25, -0.2) is 9.59 Å². The number of benzene rings is 2. The molecule has 0 N–H and O–H groups in total. The molecule has 5 rings (SSSR count). The smallest absolute Gasteiger partial charge is 0.414 e. The fraction of sp³-hybridized carbons (Fsp3) is 0.548. The van der Waals surface area contributed by atoms with E-state index in [1.807, 2.05) is 56.0 Å². The predicted molar refractivity (Wildman–Crippen MR) is 147 cm³/mol. The summed E-state index contributed by atoms with van der Waals surface area (Å²) in [6.45, 7) is 6.54. The van der Waals surface area contributed by atoms with E-state index in [0.29, 0.717) is 23.9 Å². The molecule has 2 aromatic carbocycles. The number of carbonyl (C=O) groups is 2. The van der Waals surface area contributed by atoms with Crippen LogP contribution in [-0.4, -0.2) is 49.4 Å². The largest absolute Gasteiger partial charge is 0.495 e. The van der Waals surface area contributed by atoms with Gasteiger partial charge in [0.15, 0.2) is 0 Å². The molecule has 1 aliphatic heterocycles. The van der Waals surface area contributed by atoms with Crippen molar-refractivity contribution in [2.75, 3.05) is 25.6 Å². The van der Waals surface area contributed by atoms with Gasteiger partial charge in [-0.1, -0.05) is 43.2 Å². The Morgan fingerprint density at radius 3 is 2.58 bits per heavy atom. The molecule has 7 nitrogen and oxygen atoms in total. The van der Waals surface area contributed by atoms with Crippen molar-refractivity contribution in [3.05, 3.63) is 59.2 Å². The molecule has 1 heterocycles. The van der Waals surface area contributed by atoms with Crippen molar-refractivity contribution < 1.29 is 23.8 Å². The van der Waals surface area contributed by atoms with Crippen LogP contribution in [0.25, 0.3) is 0 Å². The van der Waals surface area contributed by atoms with Gasteiger partial charge in [0, 0.05) is 25.0 Å². The van der Waals surface area contributed by atoms with E-state index in [2.05, 4.69) is 12.1 Å². The molecule has 204 valence electrons. The van der Waals surface area contributed by atoms with E-state index in [-0.39, 0.29) is 24.2 Å². The normalized spacial score (nSPS) is 24.1. The maximum absolute atomic E-state index is 13.4. The van der Waals surface area contributed by atoms with Crippen LogP contribution in [-0.2, 0) is 27.9 Å². The van der Waals surface area contributed by atoms with Crippen molar-refractivity contribution in [3.63, 3.8) is 0 Å². The van der Waals surface area contributed by atoms with Crippen LogP contribution in [0.5, 0.6) is 5.75 Å². The van der Waals surface area contributed by atoms with Crippen LogP contribution in [0.4, 0.5) is 15.3 Å². The molecule has 2 aliphatic carbocycles. The molecule has 0 aromatic heterocycles. The van der Waals surface area contributed by atoms with Crippen LogP contribution < -0.4 is 9.64 Å². The number of nitrogens with zero attached hydrogens (tertiary/aromatic N) is 2. The minimum Gasteiger partial charge on any atom is -0.495 e. The molecule has 0 radical (unpaired) electrons. The lowest BCUT2D eigenvalue weighted by molar-refractivity contribution is -0.0137. The van der Waals surface area contributed by atoms with E-state index in [4.69, 9.17) is 14.2 Å². The fourth-order valence-corrected chi connectivity index (χ4v) is 6.91. The van der Waals surface area contributed by atoms with E-state index in [1.165, 1.54) is 28.9 Å². The molecule has 7 heteroatoms. The summed E-state index contributed by atoms with van der Waals surface area (Å²) in [5.74, 6) is 1.07. The second-order valence-electron chi connectivity index (χ2n) is 12.0. The van der Waals surface area contributed by atoms with Crippen molar-refractivity contribution in [2.45, 2.75) is 83.0 Å². The van der Waals surface area contributed by atoms with E-state index in [0.717, 1.165) is 31.2 Å². The zero-order valence-corrected chi connectivity index (χ0v) is 23.3. The van der Waals surface area contributed by atoms with Gasteiger partial charge in [-0.05, 0) is 81.2 Å². The maximum Gasteiger partial charge on any atom is 0.414 e. The van der Waals surface area contributed by atoms with Crippen molar-refractivity contribution in [1.82, 2.24) is 4.90 Å². The number of anilines is 1. The number of likely N-dealkylation sites (tertiary alicyclic amines) is 1. The Labute approximate surface area is 226 Å². The van der Waals surface area contributed by atoms with Gasteiger partial charge in [0.05, 0.1) is 12.8 Å². The van der Waals surface area contributed by atoms with Crippen LogP contribution in [0, 0.1) is 5.92 Å². The van der Waals surface area contributed by atoms with Crippen LogP contribution in [0.15, 0.2) is 42.5 Å². The third-order valence-corrected chi connectivity index (χ3v) is 8.60. The molecule has 1 saturated heterocycles. The predicted octanol–water partition coefficient (Wildman–Crippen LogP) is 6.46. The average Bonchev–Trinajstić information content (AvgIpc) is 2.90. The second kappa shape index (κ2) is 10.2. The maximum atomic E-state index is 13.4. The Morgan fingerprint density at radius 2 is 1.87 bits per heavy atom. The lowest BCUT2D eigenvalue weighted by Gasteiger charge is -2.58. The first kappa shape index (κ1) is 26.4. The van der Waals surface area contributed by atoms with Gasteiger partial charge in [0.1, 0.15) is 18.0 Å². The van der Waals surface area contributed by atoms with Gasteiger partial charge in [-0.15, -0.1) is 0 Å². The number of amides is 2. The summed E-state index contributed by atoms with van der Waals surface area (Å²) in [5, 5.41) is 0. The molecule has 3 aliphatic rings. The first-order valence-electron chi connectivity index (χ1n) is 13.8. The lowest BCUT2D eigenvalue weighted by Crippen LogP contribution is -2.62. The molecule has 2 aromatic rings. The summed E-state index contributed by atoms with van der Waals surface area (Å²) in [5.41, 5.74) is 3.60. The van der Waals surface area contributed by atoms with Gasteiger partial charge < -0.3 is 19.1 Å². The zero-order chi connectivity index (χ0) is 27.1. The van der Waals surface area contributed by atoms with Crippen LogP contribution in [0.1, 0.15) is 69.6 Å². The number of rotatable bonds is 4. The quantitative estimate of drug-likeness (QED) is 0.463. The molecule has 1 saturated carbocycles. The summed E-state index contributed by atoms with van der Waals surface area (Å²) in [6.07, 6.45) is 5.57. The van der Waals surface area contributed by atoms with Gasteiger partial charge in [0.2, 0.25) is 0 Å². The number of hydrogen-bond acceptors (Lipinski definition) is 5. The van der Waals surface area contributed by atoms with E-state index < -0.39 is 11.7 Å². The van der Waals surface area contributed by atoms with E-state index in [9.17, 15) is 9.59 Å². The van der Waals surface area contributed by atoms with Crippen LogP contribution in [0.3, 0.4) is 0 Å². The monoisotopic (exact) mass is 520 g/mol. The SMILES string of the molecule is COc1cc2c(cc1N(C)C(=O)OC(C)(C)C)C[C@H]1[C@H]3CCCC[C@@]23CCN1C(=O)OCc1ccccc1. The van der Waals surface area contributed by atoms with Gasteiger partial charge >= 0.3 is 12.2 Å². The van der Waals surface area contributed by atoms with Crippen molar-refractivity contribution in [1.29, 1.82) is 0 Å². The van der Waals surface area contributed by atoms with Crippen molar-refractivity contribution in [3.8, 4) is 5.75 Å². The Morgan fingerprint density at radius 1 is 1.11 bits per heavy atom. The highest BCUT2D eigenvalue weighted by Crippen LogP contribution is 2.57. The van der Waals surface area contributed by atoms with E-state index >= 15 is 0 Å². The second-order valence-corrected chi connectivity index (χ2v) is 12.0.